The van der Waals surface area contributed by atoms with Gasteiger partial charge < -0.3 is 10.5 Å². The molecular formula is C16H16N4O4. The minimum Gasteiger partial charge on any atom is -0.481 e. The smallest absolute Gasteiger partial charge is 0.310 e. The Balaban J connectivity index is 1.86. The maximum Gasteiger partial charge on any atom is 0.310 e. The third kappa shape index (κ3) is 2.85. The molecule has 1 aromatic carbocycles. The lowest BCUT2D eigenvalue weighted by atomic mass is 9.99. The second kappa shape index (κ2) is 6.15. The molecule has 0 saturated carbocycles. The molecule has 3 aromatic rings. The lowest BCUT2D eigenvalue weighted by Gasteiger charge is -2.15. The van der Waals surface area contributed by atoms with Crippen molar-refractivity contribution < 1.29 is 14.5 Å². The van der Waals surface area contributed by atoms with Crippen LogP contribution < -0.4 is 11.0 Å². The Morgan fingerprint density at radius 1 is 1.33 bits per heavy atom. The Hall–Kier alpha value is -3.16. The highest BCUT2D eigenvalue weighted by atomic mass is 16.6. The topological polar surface area (TPSA) is 110 Å². The molecule has 124 valence electrons. The molecule has 1 unspecified atom stereocenters. The van der Waals surface area contributed by atoms with Crippen molar-refractivity contribution >= 4 is 17.0 Å². The molecule has 24 heavy (non-hydrogen) atoms. The molecule has 8 nitrogen and oxygen atoms in total. The van der Waals surface area contributed by atoms with E-state index in [1.54, 1.807) is 31.3 Å². The zero-order valence-corrected chi connectivity index (χ0v) is 13.2. The van der Waals surface area contributed by atoms with Crippen molar-refractivity contribution in [3.63, 3.8) is 0 Å². The molecule has 3 rings (SSSR count). The van der Waals surface area contributed by atoms with Gasteiger partial charge in [0.15, 0.2) is 0 Å². The minimum atomic E-state index is -1.03. The largest absolute Gasteiger partial charge is 0.481 e. The van der Waals surface area contributed by atoms with Crippen LogP contribution in [0.5, 0.6) is 0 Å². The first-order chi connectivity index (χ1) is 11.5. The maximum atomic E-state index is 12.5. The summed E-state index contributed by atoms with van der Waals surface area (Å²) in [4.78, 5) is 23.7. The van der Waals surface area contributed by atoms with Gasteiger partial charge >= 0.3 is 5.97 Å². The van der Waals surface area contributed by atoms with Crippen LogP contribution in [0.15, 0.2) is 39.9 Å². The molecule has 1 atom stereocenters. The van der Waals surface area contributed by atoms with E-state index >= 15 is 0 Å². The highest BCUT2D eigenvalue weighted by Gasteiger charge is 2.20. The molecule has 0 fully saturated rings. The van der Waals surface area contributed by atoms with E-state index in [9.17, 15) is 14.7 Å². The molecule has 0 aliphatic rings. The number of carboxylic acids is 1. The van der Waals surface area contributed by atoms with Crippen LogP contribution in [0, 0.1) is 6.92 Å². The van der Waals surface area contributed by atoms with Gasteiger partial charge in [0, 0.05) is 11.8 Å². The van der Waals surface area contributed by atoms with E-state index in [1.807, 2.05) is 6.07 Å². The number of nitrogens with zero attached hydrogens (tertiary/aromatic N) is 3. The number of carboxylic acid groups (broad SMARTS) is 1. The Kier molecular flexibility index (Phi) is 4.03. The average molecular weight is 328 g/mol. The molecule has 0 saturated heterocycles. The number of aromatic nitrogens is 3. The van der Waals surface area contributed by atoms with Gasteiger partial charge in [-0.15, -0.1) is 0 Å². The Morgan fingerprint density at radius 2 is 2.08 bits per heavy atom. The standard InChI is InChI=1S/C16H16N4O4/c1-9-5-6-20(15(21)14(9)10(2)16(22)23)17-8-11-3-4-12-13(7-11)19-24-18-12/h3-7,10,17H,8H2,1-2H3,(H,22,23). The van der Waals surface area contributed by atoms with E-state index in [-0.39, 0.29) is 11.1 Å². The van der Waals surface area contributed by atoms with Gasteiger partial charge in [-0.3, -0.25) is 9.59 Å². The summed E-state index contributed by atoms with van der Waals surface area (Å²) in [6.07, 6.45) is 1.59. The fourth-order valence-electron chi connectivity index (χ4n) is 2.53. The van der Waals surface area contributed by atoms with Crippen LogP contribution in [-0.2, 0) is 11.3 Å². The third-order valence-electron chi connectivity index (χ3n) is 3.92. The molecule has 8 heteroatoms. The fraction of sp³-hybridized carbons (Fsp3) is 0.250. The summed E-state index contributed by atoms with van der Waals surface area (Å²) < 4.78 is 5.95. The Bertz CT molecular complexity index is 960. The lowest BCUT2D eigenvalue weighted by Crippen LogP contribution is -2.33. The third-order valence-corrected chi connectivity index (χ3v) is 3.92. The van der Waals surface area contributed by atoms with Gasteiger partial charge in [-0.1, -0.05) is 6.07 Å². The number of carbonyl (C=O) groups is 1. The summed E-state index contributed by atoms with van der Waals surface area (Å²) in [5, 5.41) is 16.7. The van der Waals surface area contributed by atoms with E-state index in [2.05, 4.69) is 20.4 Å². The van der Waals surface area contributed by atoms with Crippen LogP contribution in [0.2, 0.25) is 0 Å². The van der Waals surface area contributed by atoms with Crippen LogP contribution in [-0.4, -0.2) is 26.1 Å². The number of pyridine rings is 1. The summed E-state index contributed by atoms with van der Waals surface area (Å²) in [5.74, 6) is -1.90. The first-order valence-electron chi connectivity index (χ1n) is 7.37. The van der Waals surface area contributed by atoms with E-state index in [0.717, 1.165) is 5.56 Å². The molecule has 0 spiro atoms. The summed E-state index contributed by atoms with van der Waals surface area (Å²) in [5.41, 5.74) is 5.72. The normalized spacial score (nSPS) is 12.2. The van der Waals surface area contributed by atoms with Crippen molar-refractivity contribution in [3.8, 4) is 0 Å². The van der Waals surface area contributed by atoms with Crippen molar-refractivity contribution in [3.05, 3.63) is 57.5 Å². The number of hydrogen-bond donors (Lipinski definition) is 2. The second-order valence-electron chi connectivity index (χ2n) is 5.57. The van der Waals surface area contributed by atoms with Gasteiger partial charge in [0.05, 0.1) is 12.5 Å². The maximum absolute atomic E-state index is 12.5. The summed E-state index contributed by atoms with van der Waals surface area (Å²) in [6.45, 7) is 3.60. The van der Waals surface area contributed by atoms with Crippen LogP contribution in [0.25, 0.3) is 11.0 Å². The fourth-order valence-corrected chi connectivity index (χ4v) is 2.53. The number of benzene rings is 1. The van der Waals surface area contributed by atoms with Gasteiger partial charge in [0.2, 0.25) is 0 Å². The Morgan fingerprint density at radius 3 is 2.83 bits per heavy atom. The SMILES string of the molecule is Cc1ccn(NCc2ccc3nonc3c2)c(=O)c1C(C)C(=O)O. The molecule has 2 heterocycles. The van der Waals surface area contributed by atoms with Crippen molar-refractivity contribution in [2.45, 2.75) is 26.3 Å². The number of aliphatic carboxylic acids is 1. The number of fused-ring (bicyclic) bond motifs is 1. The highest BCUT2D eigenvalue weighted by molar-refractivity contribution is 5.76. The molecule has 0 bridgehead atoms. The molecule has 0 radical (unpaired) electrons. The minimum absolute atomic E-state index is 0.272. The quantitative estimate of drug-likeness (QED) is 0.732. The summed E-state index contributed by atoms with van der Waals surface area (Å²) in [7, 11) is 0. The monoisotopic (exact) mass is 328 g/mol. The molecule has 2 N–H and O–H groups in total. The molecule has 0 amide bonds. The first kappa shape index (κ1) is 15.7. The van der Waals surface area contributed by atoms with Crippen LogP contribution >= 0.6 is 0 Å². The molecule has 2 aromatic heterocycles. The zero-order valence-electron chi connectivity index (χ0n) is 13.2. The second-order valence-corrected chi connectivity index (χ2v) is 5.57. The van der Waals surface area contributed by atoms with E-state index in [4.69, 9.17) is 0 Å². The van der Waals surface area contributed by atoms with Crippen LogP contribution in [0.3, 0.4) is 0 Å². The van der Waals surface area contributed by atoms with Crippen molar-refractivity contribution in [2.24, 2.45) is 0 Å². The van der Waals surface area contributed by atoms with Crippen molar-refractivity contribution in [1.29, 1.82) is 0 Å². The van der Waals surface area contributed by atoms with Crippen molar-refractivity contribution in [1.82, 2.24) is 15.0 Å². The van der Waals surface area contributed by atoms with E-state index in [0.29, 0.717) is 23.1 Å². The first-order valence-corrected chi connectivity index (χ1v) is 7.37. The van der Waals surface area contributed by atoms with Gasteiger partial charge in [0.25, 0.3) is 5.56 Å². The molecule has 0 aliphatic heterocycles. The molecular weight excluding hydrogens is 312 g/mol. The number of nitrogens with one attached hydrogen (secondary N) is 1. The van der Waals surface area contributed by atoms with E-state index < -0.39 is 11.9 Å². The average Bonchev–Trinajstić information content (AvgIpc) is 3.01. The predicted octanol–water partition coefficient (Wildman–Crippen LogP) is 1.62. The highest BCUT2D eigenvalue weighted by Crippen LogP contribution is 2.15. The predicted molar refractivity (Wildman–Crippen MR) is 86.4 cm³/mol. The van der Waals surface area contributed by atoms with Gasteiger partial charge in [-0.25, -0.2) is 9.31 Å². The lowest BCUT2D eigenvalue weighted by molar-refractivity contribution is -0.138. The van der Waals surface area contributed by atoms with E-state index in [1.165, 1.54) is 11.6 Å². The zero-order chi connectivity index (χ0) is 17.3. The summed E-state index contributed by atoms with van der Waals surface area (Å²) >= 11 is 0. The number of hydrogen-bond acceptors (Lipinski definition) is 6. The van der Waals surface area contributed by atoms with Crippen molar-refractivity contribution in [2.75, 3.05) is 5.43 Å². The number of aryl methyl sites for hydroxylation is 1. The van der Waals surface area contributed by atoms with Crippen LogP contribution in [0.4, 0.5) is 0 Å². The van der Waals surface area contributed by atoms with Crippen LogP contribution in [0.1, 0.15) is 29.5 Å². The Labute approximate surface area is 136 Å². The van der Waals surface area contributed by atoms with Gasteiger partial charge in [0.1, 0.15) is 11.0 Å². The van der Waals surface area contributed by atoms with Gasteiger partial charge in [-0.2, -0.15) is 0 Å². The summed E-state index contributed by atoms with van der Waals surface area (Å²) in [6, 6.07) is 7.14. The molecule has 0 aliphatic carbocycles. The number of rotatable bonds is 5. The van der Waals surface area contributed by atoms with Gasteiger partial charge in [-0.05, 0) is 53.5 Å².